The molecule has 2 N–H and O–H groups in total. The van der Waals surface area contributed by atoms with Crippen LogP contribution in [0.1, 0.15) is 35.7 Å². The normalized spacial score (nSPS) is 10.6. The molecule has 2 aromatic rings. The quantitative estimate of drug-likeness (QED) is 0.878. The Bertz CT molecular complexity index is 621. The SMILES string of the molecule is CC(C)c1ccc(C(=O)Nc2ccc(Cl)c(O)c2)cc1. The summed E-state index contributed by atoms with van der Waals surface area (Å²) < 4.78 is 0. The third kappa shape index (κ3) is 3.31. The summed E-state index contributed by atoms with van der Waals surface area (Å²) in [6.07, 6.45) is 0. The van der Waals surface area contributed by atoms with Gasteiger partial charge in [0.05, 0.1) is 5.02 Å². The lowest BCUT2D eigenvalue weighted by Crippen LogP contribution is -2.11. The van der Waals surface area contributed by atoms with Crippen LogP contribution in [0.15, 0.2) is 42.5 Å². The molecule has 1 amide bonds. The molecule has 0 aromatic heterocycles. The summed E-state index contributed by atoms with van der Waals surface area (Å²) >= 11 is 5.72. The number of halogens is 1. The molecule has 0 aliphatic carbocycles. The zero-order valence-corrected chi connectivity index (χ0v) is 12.1. The molecule has 0 unspecified atom stereocenters. The van der Waals surface area contributed by atoms with Gasteiger partial charge in [0.25, 0.3) is 5.91 Å². The van der Waals surface area contributed by atoms with Gasteiger partial charge in [-0.25, -0.2) is 0 Å². The van der Waals surface area contributed by atoms with Crippen LogP contribution in [0.25, 0.3) is 0 Å². The van der Waals surface area contributed by atoms with Crippen LogP contribution in [0.5, 0.6) is 5.75 Å². The molecule has 4 heteroatoms. The number of carbonyl (C=O) groups is 1. The Morgan fingerprint density at radius 1 is 1.15 bits per heavy atom. The molecule has 0 aliphatic rings. The maximum Gasteiger partial charge on any atom is 0.255 e. The van der Waals surface area contributed by atoms with Gasteiger partial charge in [0.2, 0.25) is 0 Å². The van der Waals surface area contributed by atoms with Crippen molar-refractivity contribution in [1.82, 2.24) is 0 Å². The van der Waals surface area contributed by atoms with Gasteiger partial charge in [0, 0.05) is 17.3 Å². The maximum atomic E-state index is 12.1. The van der Waals surface area contributed by atoms with Crippen molar-refractivity contribution in [3.8, 4) is 5.75 Å². The van der Waals surface area contributed by atoms with Crippen LogP contribution in [0, 0.1) is 0 Å². The van der Waals surface area contributed by atoms with E-state index in [0.29, 0.717) is 17.2 Å². The van der Waals surface area contributed by atoms with E-state index in [1.165, 1.54) is 17.7 Å². The second-order valence-corrected chi connectivity index (χ2v) is 5.30. The molecule has 0 bridgehead atoms. The molecule has 0 spiro atoms. The summed E-state index contributed by atoms with van der Waals surface area (Å²) in [7, 11) is 0. The van der Waals surface area contributed by atoms with E-state index in [0.717, 1.165) is 0 Å². The average Bonchev–Trinajstić information content (AvgIpc) is 2.43. The molecule has 2 rings (SSSR count). The highest BCUT2D eigenvalue weighted by Crippen LogP contribution is 2.26. The van der Waals surface area contributed by atoms with Crippen LogP contribution in [0.3, 0.4) is 0 Å². The summed E-state index contributed by atoms with van der Waals surface area (Å²) in [5.74, 6) is 0.155. The molecule has 0 atom stereocenters. The summed E-state index contributed by atoms with van der Waals surface area (Å²) in [6, 6.07) is 12.1. The summed E-state index contributed by atoms with van der Waals surface area (Å²) in [5.41, 5.74) is 2.26. The van der Waals surface area contributed by atoms with Crippen molar-refractivity contribution in [2.45, 2.75) is 19.8 Å². The van der Waals surface area contributed by atoms with Crippen LogP contribution in [0.4, 0.5) is 5.69 Å². The van der Waals surface area contributed by atoms with Crippen LogP contribution in [-0.2, 0) is 0 Å². The maximum absolute atomic E-state index is 12.1. The number of amides is 1. The Balaban J connectivity index is 2.13. The topological polar surface area (TPSA) is 49.3 Å². The molecular formula is C16H16ClNO2. The molecule has 0 saturated heterocycles. The van der Waals surface area contributed by atoms with Gasteiger partial charge < -0.3 is 10.4 Å². The van der Waals surface area contributed by atoms with Gasteiger partial charge in [-0.2, -0.15) is 0 Å². The van der Waals surface area contributed by atoms with Crippen molar-refractivity contribution >= 4 is 23.2 Å². The van der Waals surface area contributed by atoms with Crippen LogP contribution in [0.2, 0.25) is 5.02 Å². The van der Waals surface area contributed by atoms with Crippen molar-refractivity contribution in [1.29, 1.82) is 0 Å². The van der Waals surface area contributed by atoms with Gasteiger partial charge in [-0.05, 0) is 35.7 Å². The Kier molecular flexibility index (Phi) is 4.30. The fraction of sp³-hybridized carbons (Fsp3) is 0.188. The number of hydrogen-bond donors (Lipinski definition) is 2. The van der Waals surface area contributed by atoms with Crippen molar-refractivity contribution in [2.24, 2.45) is 0 Å². The van der Waals surface area contributed by atoms with E-state index in [1.807, 2.05) is 12.1 Å². The first-order chi connectivity index (χ1) is 9.47. The zero-order chi connectivity index (χ0) is 14.7. The van der Waals surface area contributed by atoms with Gasteiger partial charge in [0.1, 0.15) is 5.75 Å². The fourth-order valence-corrected chi connectivity index (χ4v) is 1.93. The second kappa shape index (κ2) is 5.97. The van der Waals surface area contributed by atoms with Crippen LogP contribution < -0.4 is 5.32 Å². The zero-order valence-electron chi connectivity index (χ0n) is 11.4. The average molecular weight is 290 g/mol. The van der Waals surface area contributed by atoms with E-state index >= 15 is 0 Å². The predicted molar refractivity (Wildman–Crippen MR) is 81.6 cm³/mol. The number of nitrogens with one attached hydrogen (secondary N) is 1. The van der Waals surface area contributed by atoms with E-state index in [9.17, 15) is 9.90 Å². The predicted octanol–water partition coefficient (Wildman–Crippen LogP) is 4.42. The summed E-state index contributed by atoms with van der Waals surface area (Å²) in [6.45, 7) is 4.21. The van der Waals surface area contributed by atoms with Crippen molar-refractivity contribution in [3.63, 3.8) is 0 Å². The minimum atomic E-state index is -0.220. The number of aromatic hydroxyl groups is 1. The lowest BCUT2D eigenvalue weighted by atomic mass is 10.0. The molecule has 0 saturated carbocycles. The van der Waals surface area contributed by atoms with Crippen molar-refractivity contribution < 1.29 is 9.90 Å². The first-order valence-corrected chi connectivity index (χ1v) is 6.75. The lowest BCUT2D eigenvalue weighted by Gasteiger charge is -2.08. The number of anilines is 1. The van der Waals surface area contributed by atoms with Crippen molar-refractivity contribution in [2.75, 3.05) is 5.32 Å². The number of carbonyl (C=O) groups excluding carboxylic acids is 1. The minimum Gasteiger partial charge on any atom is -0.506 e. The standard InChI is InChI=1S/C16H16ClNO2/c1-10(2)11-3-5-12(6-4-11)16(20)18-13-7-8-14(17)15(19)9-13/h3-10,19H,1-2H3,(H,18,20). The lowest BCUT2D eigenvalue weighted by molar-refractivity contribution is 0.102. The van der Waals surface area contributed by atoms with E-state index in [2.05, 4.69) is 19.2 Å². The third-order valence-corrected chi connectivity index (χ3v) is 3.36. The third-order valence-electron chi connectivity index (χ3n) is 3.04. The molecule has 0 aliphatic heterocycles. The number of benzene rings is 2. The highest BCUT2D eigenvalue weighted by atomic mass is 35.5. The van der Waals surface area contributed by atoms with Gasteiger partial charge in [0.15, 0.2) is 0 Å². The highest BCUT2D eigenvalue weighted by Gasteiger charge is 2.08. The highest BCUT2D eigenvalue weighted by molar-refractivity contribution is 6.32. The monoisotopic (exact) mass is 289 g/mol. The van der Waals surface area contributed by atoms with Gasteiger partial charge in [-0.15, -0.1) is 0 Å². The largest absolute Gasteiger partial charge is 0.506 e. The first kappa shape index (κ1) is 14.4. The molecule has 0 heterocycles. The van der Waals surface area contributed by atoms with E-state index < -0.39 is 0 Å². The van der Waals surface area contributed by atoms with E-state index in [4.69, 9.17) is 11.6 Å². The Hall–Kier alpha value is -2.00. The molecule has 104 valence electrons. The molecular weight excluding hydrogens is 274 g/mol. The number of rotatable bonds is 3. The number of phenolic OH excluding ortho intramolecular Hbond substituents is 1. The molecule has 0 radical (unpaired) electrons. The molecule has 3 nitrogen and oxygen atoms in total. The smallest absolute Gasteiger partial charge is 0.255 e. The first-order valence-electron chi connectivity index (χ1n) is 6.37. The van der Waals surface area contributed by atoms with Crippen LogP contribution in [-0.4, -0.2) is 11.0 Å². The van der Waals surface area contributed by atoms with Gasteiger partial charge in [-0.1, -0.05) is 37.6 Å². The number of hydrogen-bond acceptors (Lipinski definition) is 2. The molecule has 20 heavy (non-hydrogen) atoms. The Morgan fingerprint density at radius 3 is 2.35 bits per heavy atom. The van der Waals surface area contributed by atoms with Crippen LogP contribution >= 0.6 is 11.6 Å². The fourth-order valence-electron chi connectivity index (χ4n) is 1.81. The Labute approximate surface area is 123 Å². The minimum absolute atomic E-state index is 0.0559. The Morgan fingerprint density at radius 2 is 1.80 bits per heavy atom. The van der Waals surface area contributed by atoms with Crippen molar-refractivity contribution in [3.05, 3.63) is 58.6 Å². The molecule has 2 aromatic carbocycles. The number of phenols is 1. The van der Waals surface area contributed by atoms with Gasteiger partial charge in [-0.3, -0.25) is 4.79 Å². The van der Waals surface area contributed by atoms with E-state index in [-0.39, 0.29) is 16.7 Å². The van der Waals surface area contributed by atoms with E-state index in [1.54, 1.807) is 18.2 Å². The second-order valence-electron chi connectivity index (χ2n) is 4.90. The molecule has 0 fully saturated rings. The summed E-state index contributed by atoms with van der Waals surface area (Å²) in [4.78, 5) is 12.1. The van der Waals surface area contributed by atoms with Gasteiger partial charge >= 0.3 is 0 Å². The summed E-state index contributed by atoms with van der Waals surface area (Å²) in [5, 5.41) is 12.5.